The molecular formula is C17H17F3N2O3S. The van der Waals surface area contributed by atoms with Crippen LogP contribution in [0.2, 0.25) is 0 Å². The fourth-order valence-corrected chi connectivity index (χ4v) is 3.00. The number of anilines is 1. The number of nitrogens with one attached hydrogen (secondary N) is 1. The highest BCUT2D eigenvalue weighted by Crippen LogP contribution is 2.37. The van der Waals surface area contributed by atoms with Crippen LogP contribution in [0.15, 0.2) is 35.7 Å². The van der Waals surface area contributed by atoms with Crippen LogP contribution in [-0.4, -0.2) is 29.6 Å². The first-order valence-corrected chi connectivity index (χ1v) is 8.69. The van der Waals surface area contributed by atoms with Crippen LogP contribution in [0.4, 0.5) is 18.3 Å². The minimum Gasteiger partial charge on any atom is -0.466 e. The molecule has 1 heterocycles. The fraction of sp³-hybridized carbons (Fsp3) is 0.353. The monoisotopic (exact) mass is 386 g/mol. The summed E-state index contributed by atoms with van der Waals surface area (Å²) in [4.78, 5) is 27.4. The second-order valence-electron chi connectivity index (χ2n) is 5.38. The first-order chi connectivity index (χ1) is 12.3. The summed E-state index contributed by atoms with van der Waals surface area (Å²) in [5, 5.41) is 4.04. The quantitative estimate of drug-likeness (QED) is 0.733. The highest BCUT2D eigenvalue weighted by molar-refractivity contribution is 7.13. The lowest BCUT2D eigenvalue weighted by atomic mass is 9.95. The molecule has 1 atom stereocenters. The number of aromatic nitrogens is 1. The Kier molecular flexibility index (Phi) is 6.73. The van der Waals surface area contributed by atoms with Crippen LogP contribution in [0.5, 0.6) is 0 Å². The molecule has 0 aliphatic heterocycles. The molecule has 1 N–H and O–H groups in total. The van der Waals surface area contributed by atoms with Gasteiger partial charge in [-0.1, -0.05) is 30.3 Å². The Morgan fingerprint density at radius 3 is 2.58 bits per heavy atom. The van der Waals surface area contributed by atoms with E-state index in [9.17, 15) is 22.8 Å². The van der Waals surface area contributed by atoms with Crippen LogP contribution in [0, 0.1) is 0 Å². The van der Waals surface area contributed by atoms with E-state index >= 15 is 0 Å². The number of hydrogen-bond acceptors (Lipinski definition) is 5. The molecule has 2 aromatic rings. The minimum absolute atomic E-state index is 0.0253. The molecule has 0 saturated carbocycles. The smallest absolute Gasteiger partial charge is 0.396 e. The topological polar surface area (TPSA) is 68.3 Å². The van der Waals surface area contributed by atoms with Gasteiger partial charge in [0, 0.05) is 11.8 Å². The lowest BCUT2D eigenvalue weighted by Crippen LogP contribution is -2.26. The second-order valence-corrected chi connectivity index (χ2v) is 6.24. The van der Waals surface area contributed by atoms with Crippen molar-refractivity contribution in [2.24, 2.45) is 0 Å². The Labute approximate surface area is 152 Å². The molecule has 9 heteroatoms. The SMILES string of the molecule is CCOC(=O)Cc1csc(NC(=O)CC(c2ccccc2)C(F)(F)F)n1. The van der Waals surface area contributed by atoms with E-state index < -0.39 is 30.4 Å². The predicted molar refractivity (Wildman–Crippen MR) is 90.9 cm³/mol. The molecule has 0 aliphatic rings. The van der Waals surface area contributed by atoms with Crippen molar-refractivity contribution in [3.63, 3.8) is 0 Å². The molecule has 0 saturated heterocycles. The van der Waals surface area contributed by atoms with Crippen LogP contribution in [0.25, 0.3) is 0 Å². The molecule has 1 amide bonds. The normalized spacial score (nSPS) is 12.5. The predicted octanol–water partition coefficient (Wildman–Crippen LogP) is 3.92. The van der Waals surface area contributed by atoms with Gasteiger partial charge < -0.3 is 10.1 Å². The average molecular weight is 386 g/mol. The maximum Gasteiger partial charge on any atom is 0.396 e. The highest BCUT2D eigenvalue weighted by Gasteiger charge is 2.41. The largest absolute Gasteiger partial charge is 0.466 e. The van der Waals surface area contributed by atoms with Crippen LogP contribution < -0.4 is 5.32 Å². The van der Waals surface area contributed by atoms with Gasteiger partial charge in [-0.05, 0) is 12.5 Å². The standard InChI is InChI=1S/C17H17F3N2O3S/c1-2-25-15(24)8-12-10-26-16(21-12)22-14(23)9-13(17(18,19)20)11-6-4-3-5-7-11/h3-7,10,13H,2,8-9H2,1H3,(H,21,22,23). The number of carbonyl (C=O) groups excluding carboxylic acids is 2. The summed E-state index contributed by atoms with van der Waals surface area (Å²) in [5.41, 5.74) is 0.413. The third-order valence-corrected chi connectivity index (χ3v) is 4.22. The van der Waals surface area contributed by atoms with E-state index in [-0.39, 0.29) is 23.7 Å². The molecule has 140 valence electrons. The number of alkyl halides is 3. The van der Waals surface area contributed by atoms with Gasteiger partial charge in [-0.2, -0.15) is 13.2 Å². The molecule has 0 aliphatic carbocycles. The molecule has 0 fully saturated rings. The zero-order valence-electron chi connectivity index (χ0n) is 13.9. The van der Waals surface area contributed by atoms with Gasteiger partial charge in [-0.25, -0.2) is 4.98 Å². The Hall–Kier alpha value is -2.42. The number of halogens is 3. The van der Waals surface area contributed by atoms with Crippen molar-refractivity contribution >= 4 is 28.3 Å². The van der Waals surface area contributed by atoms with Crippen LogP contribution >= 0.6 is 11.3 Å². The van der Waals surface area contributed by atoms with E-state index in [0.717, 1.165) is 11.3 Å². The molecular weight excluding hydrogens is 369 g/mol. The lowest BCUT2D eigenvalue weighted by molar-refractivity contribution is -0.156. The van der Waals surface area contributed by atoms with E-state index in [1.54, 1.807) is 18.4 Å². The summed E-state index contributed by atoms with van der Waals surface area (Å²) >= 11 is 1.04. The van der Waals surface area contributed by atoms with Gasteiger partial charge in [0.15, 0.2) is 5.13 Å². The Morgan fingerprint density at radius 1 is 1.27 bits per heavy atom. The summed E-state index contributed by atoms with van der Waals surface area (Å²) in [6.45, 7) is 1.92. The van der Waals surface area contributed by atoms with Gasteiger partial charge in [-0.3, -0.25) is 9.59 Å². The molecule has 1 unspecified atom stereocenters. The zero-order chi connectivity index (χ0) is 19.2. The van der Waals surface area contributed by atoms with Crippen molar-refractivity contribution in [1.82, 2.24) is 4.98 Å². The number of esters is 1. The number of amides is 1. The van der Waals surface area contributed by atoms with Crippen molar-refractivity contribution < 1.29 is 27.5 Å². The number of rotatable bonds is 7. The molecule has 0 radical (unpaired) electrons. The molecule has 1 aromatic carbocycles. The van der Waals surface area contributed by atoms with Crippen LogP contribution in [0.1, 0.15) is 30.5 Å². The van der Waals surface area contributed by atoms with Crippen molar-refractivity contribution in [3.05, 3.63) is 47.0 Å². The molecule has 0 spiro atoms. The Bertz CT molecular complexity index is 747. The molecule has 0 bridgehead atoms. The van der Waals surface area contributed by atoms with Crippen LogP contribution in [-0.2, 0) is 20.7 Å². The summed E-state index contributed by atoms with van der Waals surface area (Å²) in [6, 6.07) is 7.28. The van der Waals surface area contributed by atoms with E-state index in [0.29, 0.717) is 5.69 Å². The summed E-state index contributed by atoms with van der Waals surface area (Å²) < 4.78 is 44.6. The van der Waals surface area contributed by atoms with Gasteiger partial charge in [0.2, 0.25) is 5.91 Å². The van der Waals surface area contributed by atoms with Crippen LogP contribution in [0.3, 0.4) is 0 Å². The molecule has 5 nitrogen and oxygen atoms in total. The van der Waals surface area contributed by atoms with Gasteiger partial charge in [-0.15, -0.1) is 11.3 Å². The van der Waals surface area contributed by atoms with Crippen molar-refractivity contribution in [1.29, 1.82) is 0 Å². The number of benzene rings is 1. The zero-order valence-corrected chi connectivity index (χ0v) is 14.7. The van der Waals surface area contributed by atoms with E-state index in [1.807, 2.05) is 0 Å². The maximum absolute atomic E-state index is 13.3. The summed E-state index contributed by atoms with van der Waals surface area (Å²) in [6.07, 6.45) is -5.35. The second kappa shape index (κ2) is 8.79. The Morgan fingerprint density at radius 2 is 1.96 bits per heavy atom. The van der Waals surface area contributed by atoms with Crippen molar-refractivity contribution in [2.45, 2.75) is 31.9 Å². The number of hydrogen-bond donors (Lipinski definition) is 1. The van der Waals surface area contributed by atoms with Gasteiger partial charge >= 0.3 is 12.1 Å². The molecule has 26 heavy (non-hydrogen) atoms. The van der Waals surface area contributed by atoms with Gasteiger partial charge in [0.1, 0.15) is 0 Å². The maximum atomic E-state index is 13.3. The summed E-state index contributed by atoms with van der Waals surface area (Å²) in [7, 11) is 0. The fourth-order valence-electron chi connectivity index (χ4n) is 2.27. The van der Waals surface area contributed by atoms with Crippen molar-refractivity contribution in [3.8, 4) is 0 Å². The number of ether oxygens (including phenoxy) is 1. The summed E-state index contributed by atoms with van der Waals surface area (Å²) in [5.74, 6) is -3.16. The van der Waals surface area contributed by atoms with E-state index in [2.05, 4.69) is 10.3 Å². The minimum atomic E-state index is -4.54. The van der Waals surface area contributed by atoms with E-state index in [1.165, 1.54) is 24.3 Å². The Balaban J connectivity index is 2.00. The van der Waals surface area contributed by atoms with Gasteiger partial charge in [0.25, 0.3) is 0 Å². The number of carbonyl (C=O) groups is 2. The first kappa shape index (κ1) is 19.9. The number of thiazole rings is 1. The average Bonchev–Trinajstić information content (AvgIpc) is 2.99. The molecule has 2 rings (SSSR count). The van der Waals surface area contributed by atoms with E-state index in [4.69, 9.17) is 4.74 Å². The number of nitrogens with zero attached hydrogens (tertiary/aromatic N) is 1. The third kappa shape index (κ3) is 5.83. The first-order valence-electron chi connectivity index (χ1n) is 7.81. The lowest BCUT2D eigenvalue weighted by Gasteiger charge is -2.20. The highest BCUT2D eigenvalue weighted by atomic mass is 32.1. The molecule has 1 aromatic heterocycles. The third-order valence-electron chi connectivity index (χ3n) is 3.42. The van der Waals surface area contributed by atoms with Crippen molar-refractivity contribution in [2.75, 3.05) is 11.9 Å². The van der Waals surface area contributed by atoms with Gasteiger partial charge in [0.05, 0.1) is 24.6 Å².